The van der Waals surface area contributed by atoms with Gasteiger partial charge in [0.1, 0.15) is 0 Å². The van der Waals surface area contributed by atoms with Gasteiger partial charge in [-0.25, -0.2) is 0 Å². The summed E-state index contributed by atoms with van der Waals surface area (Å²) in [5, 5.41) is 4.82. The van der Waals surface area contributed by atoms with Gasteiger partial charge < -0.3 is 5.32 Å². The molecule has 1 aromatic heterocycles. The van der Waals surface area contributed by atoms with E-state index in [9.17, 15) is 0 Å². The molecule has 0 aliphatic heterocycles. The van der Waals surface area contributed by atoms with Gasteiger partial charge in [-0.05, 0) is 25.5 Å². The predicted molar refractivity (Wildman–Crippen MR) is 80.2 cm³/mol. The van der Waals surface area contributed by atoms with Gasteiger partial charge in [0.05, 0.1) is 5.00 Å². The van der Waals surface area contributed by atoms with Crippen molar-refractivity contribution in [1.82, 2.24) is 0 Å². The standard InChI is InChI=1S/C15H27NS/c1-3-4-5-6-7-8-9-10-13-16-15-12-11-14(2)17-15/h11-12,16H,3-10,13H2,1-2H3. The molecule has 0 amide bonds. The number of rotatable bonds is 10. The highest BCUT2D eigenvalue weighted by molar-refractivity contribution is 7.16. The third-order valence-corrected chi connectivity index (χ3v) is 4.03. The van der Waals surface area contributed by atoms with E-state index in [4.69, 9.17) is 0 Å². The smallest absolute Gasteiger partial charge is 0.0885 e. The molecule has 1 heterocycles. The third kappa shape index (κ3) is 7.43. The summed E-state index contributed by atoms with van der Waals surface area (Å²) < 4.78 is 0. The number of unbranched alkanes of at least 4 members (excludes halogenated alkanes) is 7. The van der Waals surface area contributed by atoms with Crippen molar-refractivity contribution in [3.63, 3.8) is 0 Å². The van der Waals surface area contributed by atoms with E-state index in [1.165, 1.54) is 61.2 Å². The van der Waals surface area contributed by atoms with E-state index in [0.717, 1.165) is 6.54 Å². The minimum atomic E-state index is 1.13. The van der Waals surface area contributed by atoms with E-state index in [2.05, 4.69) is 31.3 Å². The zero-order valence-corrected chi connectivity index (χ0v) is 12.2. The highest BCUT2D eigenvalue weighted by Crippen LogP contribution is 2.20. The Morgan fingerprint density at radius 1 is 0.941 bits per heavy atom. The second-order valence-corrected chi connectivity index (χ2v) is 6.10. The first kappa shape index (κ1) is 14.6. The number of thiophene rings is 1. The van der Waals surface area contributed by atoms with Crippen LogP contribution in [0.15, 0.2) is 12.1 Å². The first-order valence-electron chi connectivity index (χ1n) is 7.13. The predicted octanol–water partition coefficient (Wildman–Crippen LogP) is 5.61. The van der Waals surface area contributed by atoms with Gasteiger partial charge in [0, 0.05) is 11.4 Å². The summed E-state index contributed by atoms with van der Waals surface area (Å²) in [5.41, 5.74) is 0. The van der Waals surface area contributed by atoms with Crippen LogP contribution in [0.3, 0.4) is 0 Å². The molecule has 0 aromatic carbocycles. The normalized spacial score (nSPS) is 10.7. The van der Waals surface area contributed by atoms with Crippen molar-refractivity contribution in [1.29, 1.82) is 0 Å². The Morgan fingerprint density at radius 3 is 2.18 bits per heavy atom. The van der Waals surface area contributed by atoms with Crippen LogP contribution in [0.5, 0.6) is 0 Å². The monoisotopic (exact) mass is 253 g/mol. The molecule has 0 aliphatic rings. The molecule has 0 aliphatic carbocycles. The Balaban J connectivity index is 1.84. The number of nitrogens with one attached hydrogen (secondary N) is 1. The topological polar surface area (TPSA) is 12.0 Å². The van der Waals surface area contributed by atoms with Crippen LogP contribution in [-0.4, -0.2) is 6.54 Å². The van der Waals surface area contributed by atoms with Crippen LogP contribution in [-0.2, 0) is 0 Å². The van der Waals surface area contributed by atoms with Gasteiger partial charge in [-0.3, -0.25) is 0 Å². The zero-order valence-electron chi connectivity index (χ0n) is 11.4. The number of hydrogen-bond donors (Lipinski definition) is 1. The van der Waals surface area contributed by atoms with Crippen LogP contribution >= 0.6 is 11.3 Å². The fourth-order valence-electron chi connectivity index (χ4n) is 2.00. The van der Waals surface area contributed by atoms with Crippen molar-refractivity contribution in [2.75, 3.05) is 11.9 Å². The van der Waals surface area contributed by atoms with Crippen molar-refractivity contribution in [3.05, 3.63) is 17.0 Å². The molecule has 98 valence electrons. The van der Waals surface area contributed by atoms with Gasteiger partial charge in [0.25, 0.3) is 0 Å². The Bertz CT molecular complexity index is 280. The maximum Gasteiger partial charge on any atom is 0.0885 e. The molecule has 0 fully saturated rings. The Hall–Kier alpha value is -0.500. The van der Waals surface area contributed by atoms with E-state index in [0.29, 0.717) is 0 Å². The first-order valence-corrected chi connectivity index (χ1v) is 7.95. The summed E-state index contributed by atoms with van der Waals surface area (Å²) in [7, 11) is 0. The van der Waals surface area contributed by atoms with Crippen molar-refractivity contribution < 1.29 is 0 Å². The molecule has 17 heavy (non-hydrogen) atoms. The van der Waals surface area contributed by atoms with Gasteiger partial charge in [0.2, 0.25) is 0 Å². The molecule has 2 heteroatoms. The summed E-state index contributed by atoms with van der Waals surface area (Å²) in [6.07, 6.45) is 11.2. The third-order valence-electron chi connectivity index (χ3n) is 3.07. The second-order valence-electron chi connectivity index (χ2n) is 4.81. The molecule has 0 radical (unpaired) electrons. The summed E-state index contributed by atoms with van der Waals surface area (Å²) in [4.78, 5) is 1.39. The Labute approximate surface area is 111 Å². The minimum Gasteiger partial charge on any atom is -0.377 e. The lowest BCUT2D eigenvalue weighted by Crippen LogP contribution is -1.99. The molecular formula is C15H27NS. The van der Waals surface area contributed by atoms with Crippen molar-refractivity contribution in [2.24, 2.45) is 0 Å². The first-order chi connectivity index (χ1) is 8.33. The molecule has 1 N–H and O–H groups in total. The molecule has 0 saturated heterocycles. The highest BCUT2D eigenvalue weighted by atomic mass is 32.1. The summed E-state index contributed by atoms with van der Waals surface area (Å²) in [6, 6.07) is 4.37. The Kier molecular flexibility index (Phi) is 8.16. The van der Waals surface area contributed by atoms with Gasteiger partial charge in [-0.1, -0.05) is 51.9 Å². The number of aryl methyl sites for hydroxylation is 1. The van der Waals surface area contributed by atoms with Crippen molar-refractivity contribution in [2.45, 2.75) is 65.2 Å². The maximum absolute atomic E-state index is 3.50. The molecule has 1 rings (SSSR count). The lowest BCUT2D eigenvalue weighted by Gasteiger charge is -2.03. The summed E-state index contributed by atoms with van der Waals surface area (Å²) in [6.45, 7) is 5.57. The van der Waals surface area contributed by atoms with E-state index < -0.39 is 0 Å². The van der Waals surface area contributed by atoms with Crippen molar-refractivity contribution >= 4 is 16.3 Å². The summed E-state index contributed by atoms with van der Waals surface area (Å²) in [5.74, 6) is 0. The fraction of sp³-hybridized carbons (Fsp3) is 0.733. The quantitative estimate of drug-likeness (QED) is 0.534. The van der Waals surface area contributed by atoms with Gasteiger partial charge >= 0.3 is 0 Å². The molecule has 0 atom stereocenters. The lowest BCUT2D eigenvalue weighted by molar-refractivity contribution is 0.581. The van der Waals surface area contributed by atoms with Gasteiger partial charge in [-0.15, -0.1) is 11.3 Å². The molecular weight excluding hydrogens is 226 g/mol. The molecule has 1 aromatic rings. The highest BCUT2D eigenvalue weighted by Gasteiger charge is 1.95. The average molecular weight is 253 g/mol. The lowest BCUT2D eigenvalue weighted by atomic mass is 10.1. The fourth-order valence-corrected chi connectivity index (χ4v) is 2.79. The van der Waals surface area contributed by atoms with E-state index in [1.54, 1.807) is 0 Å². The molecule has 1 nitrogen and oxygen atoms in total. The van der Waals surface area contributed by atoms with Crippen LogP contribution in [0.1, 0.15) is 63.2 Å². The van der Waals surface area contributed by atoms with E-state index >= 15 is 0 Å². The SMILES string of the molecule is CCCCCCCCCCNc1ccc(C)s1. The van der Waals surface area contributed by atoms with E-state index in [-0.39, 0.29) is 0 Å². The van der Waals surface area contributed by atoms with Crippen LogP contribution in [0.4, 0.5) is 5.00 Å². The number of hydrogen-bond acceptors (Lipinski definition) is 2. The second kappa shape index (κ2) is 9.52. The van der Waals surface area contributed by atoms with Crippen LogP contribution < -0.4 is 5.32 Å². The summed E-state index contributed by atoms with van der Waals surface area (Å²) >= 11 is 1.85. The molecule has 0 bridgehead atoms. The van der Waals surface area contributed by atoms with Crippen LogP contribution in [0, 0.1) is 6.92 Å². The van der Waals surface area contributed by atoms with Crippen LogP contribution in [0.2, 0.25) is 0 Å². The maximum atomic E-state index is 3.50. The van der Waals surface area contributed by atoms with E-state index in [1.807, 2.05) is 11.3 Å². The van der Waals surface area contributed by atoms with Crippen LogP contribution in [0.25, 0.3) is 0 Å². The van der Waals surface area contributed by atoms with Gasteiger partial charge in [-0.2, -0.15) is 0 Å². The zero-order chi connectivity index (χ0) is 12.3. The Morgan fingerprint density at radius 2 is 1.59 bits per heavy atom. The largest absolute Gasteiger partial charge is 0.377 e. The average Bonchev–Trinajstić information content (AvgIpc) is 2.73. The van der Waals surface area contributed by atoms with Crippen molar-refractivity contribution in [3.8, 4) is 0 Å². The number of anilines is 1. The molecule has 0 saturated carbocycles. The molecule has 0 unspecified atom stereocenters. The van der Waals surface area contributed by atoms with Gasteiger partial charge in [0.15, 0.2) is 0 Å². The molecule has 0 spiro atoms. The minimum absolute atomic E-state index is 1.13.